The molecular formula is C25H28FN3O4S. The van der Waals surface area contributed by atoms with E-state index in [1.54, 1.807) is 25.3 Å². The lowest BCUT2D eigenvalue weighted by Crippen LogP contribution is -2.38. The molecule has 5 rings (SSSR count). The second-order valence-electron chi connectivity index (χ2n) is 9.12. The Morgan fingerprint density at radius 3 is 2.76 bits per heavy atom. The molecule has 0 N–H and O–H groups in total. The maximum atomic E-state index is 14.9. The number of likely N-dealkylation sites (tertiary alicyclic amines) is 1. The number of ether oxygens (including phenoxy) is 2. The highest BCUT2D eigenvalue weighted by Crippen LogP contribution is 2.34. The fraction of sp³-hybridized carbons (Fsp3) is 0.440. The number of hydrogen-bond acceptors (Lipinski definition) is 7. The minimum atomic E-state index is -3.42. The maximum absolute atomic E-state index is 14.9. The van der Waals surface area contributed by atoms with Gasteiger partial charge in [-0.15, -0.1) is 0 Å². The van der Waals surface area contributed by atoms with Crippen LogP contribution in [0.3, 0.4) is 0 Å². The van der Waals surface area contributed by atoms with Gasteiger partial charge >= 0.3 is 0 Å². The van der Waals surface area contributed by atoms with Gasteiger partial charge in [0.25, 0.3) is 0 Å². The van der Waals surface area contributed by atoms with Crippen molar-refractivity contribution in [2.24, 2.45) is 0 Å². The number of sulfone groups is 1. The lowest BCUT2D eigenvalue weighted by Gasteiger charge is -2.30. The van der Waals surface area contributed by atoms with E-state index in [1.165, 1.54) is 18.7 Å². The Hall–Kier alpha value is -2.62. The third-order valence-electron chi connectivity index (χ3n) is 6.52. The van der Waals surface area contributed by atoms with Crippen LogP contribution >= 0.6 is 0 Å². The Balaban J connectivity index is 1.43. The van der Waals surface area contributed by atoms with Gasteiger partial charge in [-0.05, 0) is 61.9 Å². The number of fused-ring (bicyclic) bond motifs is 1. The molecule has 4 heterocycles. The number of aryl methyl sites for hydroxylation is 1. The summed E-state index contributed by atoms with van der Waals surface area (Å²) < 4.78 is 50.8. The molecule has 0 spiro atoms. The average Bonchev–Trinajstić information content (AvgIpc) is 3.27. The zero-order valence-electron chi connectivity index (χ0n) is 19.3. The van der Waals surface area contributed by atoms with Crippen molar-refractivity contribution in [1.29, 1.82) is 0 Å². The lowest BCUT2D eigenvalue weighted by molar-refractivity contribution is -0.0790. The van der Waals surface area contributed by atoms with Gasteiger partial charge in [-0.2, -0.15) is 0 Å². The summed E-state index contributed by atoms with van der Waals surface area (Å²) in [6.07, 6.45) is 8.40. The normalized spacial score (nSPS) is 21.7. The molecule has 2 aromatic heterocycles. The molecule has 2 aliphatic heterocycles. The zero-order valence-corrected chi connectivity index (χ0v) is 20.1. The molecular weight excluding hydrogens is 457 g/mol. The topological polar surface area (TPSA) is 81.6 Å². The Labute approximate surface area is 198 Å². The quantitative estimate of drug-likeness (QED) is 0.538. The van der Waals surface area contributed by atoms with Gasteiger partial charge < -0.3 is 9.47 Å². The first-order valence-electron chi connectivity index (χ1n) is 11.6. The van der Waals surface area contributed by atoms with Crippen LogP contribution in [0.2, 0.25) is 0 Å². The first-order chi connectivity index (χ1) is 16.3. The number of nitrogens with zero attached hydrogens (tertiary/aromatic N) is 3. The van der Waals surface area contributed by atoms with Crippen molar-refractivity contribution in [2.45, 2.75) is 50.0 Å². The molecule has 34 heavy (non-hydrogen) atoms. The largest absolute Gasteiger partial charge is 0.486 e. The summed E-state index contributed by atoms with van der Waals surface area (Å²) in [6, 6.07) is 6.67. The van der Waals surface area contributed by atoms with Crippen molar-refractivity contribution in [1.82, 2.24) is 14.9 Å². The van der Waals surface area contributed by atoms with Crippen LogP contribution in [0.1, 0.15) is 31.2 Å². The third kappa shape index (κ3) is 4.64. The number of hydrogen-bond donors (Lipinski definition) is 0. The molecule has 2 saturated heterocycles. The highest BCUT2D eigenvalue weighted by molar-refractivity contribution is 7.90. The van der Waals surface area contributed by atoms with Crippen molar-refractivity contribution in [3.63, 3.8) is 0 Å². The Morgan fingerprint density at radius 2 is 2.03 bits per heavy atom. The van der Waals surface area contributed by atoms with Crippen LogP contribution in [0.5, 0.6) is 5.75 Å². The molecule has 0 saturated carbocycles. The van der Waals surface area contributed by atoms with Crippen LogP contribution in [0.4, 0.5) is 4.39 Å². The molecule has 0 bridgehead atoms. The van der Waals surface area contributed by atoms with E-state index >= 15 is 0 Å². The predicted molar refractivity (Wildman–Crippen MR) is 127 cm³/mol. The third-order valence-corrected chi connectivity index (χ3v) is 7.65. The second-order valence-corrected chi connectivity index (χ2v) is 11.1. The minimum absolute atomic E-state index is 0.0532. The van der Waals surface area contributed by atoms with Gasteiger partial charge in [0.05, 0.1) is 5.52 Å². The van der Waals surface area contributed by atoms with Gasteiger partial charge in [-0.25, -0.2) is 17.8 Å². The summed E-state index contributed by atoms with van der Waals surface area (Å²) in [7, 11) is -3.42. The molecule has 1 unspecified atom stereocenters. The SMILES string of the molecule is Cc1cc(-c2ccnc3cc(F)c(O[C@H]4CCN(C5CCCCO5)C4)cc23)cnc1S(C)(=O)=O. The summed E-state index contributed by atoms with van der Waals surface area (Å²) in [6.45, 7) is 4.08. The lowest BCUT2D eigenvalue weighted by atomic mass is 10.0. The summed E-state index contributed by atoms with van der Waals surface area (Å²) in [5, 5.41) is 0.773. The van der Waals surface area contributed by atoms with Gasteiger partial charge in [-0.3, -0.25) is 9.88 Å². The van der Waals surface area contributed by atoms with Crippen LogP contribution in [0.25, 0.3) is 22.0 Å². The molecule has 2 fully saturated rings. The van der Waals surface area contributed by atoms with Crippen LogP contribution in [-0.2, 0) is 14.6 Å². The molecule has 180 valence electrons. The average molecular weight is 486 g/mol. The molecule has 7 nitrogen and oxygen atoms in total. The van der Waals surface area contributed by atoms with Crippen LogP contribution in [0, 0.1) is 12.7 Å². The van der Waals surface area contributed by atoms with Gasteiger partial charge in [0.15, 0.2) is 26.4 Å². The number of halogens is 1. The van der Waals surface area contributed by atoms with E-state index in [9.17, 15) is 12.8 Å². The fourth-order valence-electron chi connectivity index (χ4n) is 4.89. The second kappa shape index (κ2) is 9.20. The van der Waals surface area contributed by atoms with Crippen molar-refractivity contribution in [2.75, 3.05) is 26.0 Å². The molecule has 0 amide bonds. The molecule has 0 aliphatic carbocycles. The monoisotopic (exact) mass is 485 g/mol. The van der Waals surface area contributed by atoms with E-state index in [0.717, 1.165) is 55.2 Å². The van der Waals surface area contributed by atoms with Crippen molar-refractivity contribution < 1.29 is 22.3 Å². The summed E-state index contributed by atoms with van der Waals surface area (Å²) in [5.74, 6) is -0.262. The molecule has 1 aromatic carbocycles. The fourth-order valence-corrected chi connectivity index (χ4v) is 5.78. The number of benzene rings is 1. The van der Waals surface area contributed by atoms with E-state index in [0.29, 0.717) is 17.6 Å². The predicted octanol–water partition coefficient (Wildman–Crippen LogP) is 4.13. The van der Waals surface area contributed by atoms with Gasteiger partial charge in [0, 0.05) is 55.4 Å². The number of pyridine rings is 2. The van der Waals surface area contributed by atoms with E-state index in [-0.39, 0.29) is 23.1 Å². The van der Waals surface area contributed by atoms with Crippen molar-refractivity contribution >= 4 is 20.7 Å². The minimum Gasteiger partial charge on any atom is -0.486 e. The molecule has 0 radical (unpaired) electrons. The van der Waals surface area contributed by atoms with Crippen molar-refractivity contribution in [3.05, 3.63) is 48.0 Å². The molecule has 9 heteroatoms. The maximum Gasteiger partial charge on any atom is 0.193 e. The van der Waals surface area contributed by atoms with E-state index in [4.69, 9.17) is 9.47 Å². The van der Waals surface area contributed by atoms with Gasteiger partial charge in [0.1, 0.15) is 12.3 Å². The van der Waals surface area contributed by atoms with E-state index in [1.807, 2.05) is 6.07 Å². The first kappa shape index (κ1) is 23.1. The Bertz CT molecular complexity index is 1330. The smallest absolute Gasteiger partial charge is 0.193 e. The molecule has 2 atom stereocenters. The van der Waals surface area contributed by atoms with Crippen LogP contribution in [0.15, 0.2) is 41.7 Å². The highest BCUT2D eigenvalue weighted by atomic mass is 32.2. The Kier molecular flexibility index (Phi) is 6.26. The summed E-state index contributed by atoms with van der Waals surface area (Å²) in [4.78, 5) is 10.8. The first-order valence-corrected chi connectivity index (χ1v) is 13.5. The van der Waals surface area contributed by atoms with Gasteiger partial charge in [-0.1, -0.05) is 0 Å². The standard InChI is InChI=1S/C25H28FN3O4S/c1-16-11-17(14-28-25(16)34(2,30)31)19-6-8-27-22-13-21(26)23(12-20(19)22)33-18-7-9-29(15-18)24-5-3-4-10-32-24/h6,8,11-14,18,24H,3-5,7,9-10,15H2,1-2H3/t18-,24?/m0/s1. The van der Waals surface area contributed by atoms with Gasteiger partial charge in [0.2, 0.25) is 0 Å². The highest BCUT2D eigenvalue weighted by Gasteiger charge is 2.31. The Morgan fingerprint density at radius 1 is 1.18 bits per heavy atom. The summed E-state index contributed by atoms with van der Waals surface area (Å²) >= 11 is 0. The van der Waals surface area contributed by atoms with E-state index in [2.05, 4.69) is 14.9 Å². The molecule has 2 aliphatic rings. The van der Waals surface area contributed by atoms with Crippen molar-refractivity contribution in [3.8, 4) is 16.9 Å². The molecule has 3 aromatic rings. The number of rotatable bonds is 5. The van der Waals surface area contributed by atoms with Crippen LogP contribution in [-0.4, -0.2) is 61.6 Å². The van der Waals surface area contributed by atoms with E-state index < -0.39 is 15.7 Å². The summed E-state index contributed by atoms with van der Waals surface area (Å²) in [5.41, 5.74) is 2.57. The van der Waals surface area contributed by atoms with Crippen LogP contribution < -0.4 is 4.74 Å². The zero-order chi connectivity index (χ0) is 23.9. The number of aromatic nitrogens is 2.